The van der Waals surface area contributed by atoms with E-state index in [9.17, 15) is 19.2 Å². The molecule has 2 unspecified atom stereocenters. The highest BCUT2D eigenvalue weighted by Crippen LogP contribution is 2.35. The van der Waals surface area contributed by atoms with Crippen LogP contribution in [0.1, 0.15) is 36.4 Å². The van der Waals surface area contributed by atoms with Gasteiger partial charge in [0.1, 0.15) is 6.04 Å². The van der Waals surface area contributed by atoms with Crippen molar-refractivity contribution in [3.63, 3.8) is 0 Å². The zero-order valence-corrected chi connectivity index (χ0v) is 20.0. The standard InChI is InChI=1S/C27H29N5O4/c33-24(30-14-17-12-19(16-30)23-6-3-7-25(34)32(23)15-17)9-8-22-26(35)31(27(36)29-22)11-10-18-13-28-21-5-2-1-4-20(18)21/h1-7,13,17,19,22,28H,8-12,14-16H2,(H,29,36)/t17?,19?,22-/m0/s1. The summed E-state index contributed by atoms with van der Waals surface area (Å²) in [4.78, 5) is 57.1. The van der Waals surface area contributed by atoms with Crippen LogP contribution in [0.15, 0.2) is 53.5 Å². The molecule has 2 aromatic heterocycles. The van der Waals surface area contributed by atoms with Crippen LogP contribution in [0.2, 0.25) is 0 Å². The van der Waals surface area contributed by atoms with E-state index in [4.69, 9.17) is 0 Å². The van der Waals surface area contributed by atoms with E-state index >= 15 is 0 Å². The maximum absolute atomic E-state index is 13.1. The molecule has 36 heavy (non-hydrogen) atoms. The van der Waals surface area contributed by atoms with Gasteiger partial charge in [-0.1, -0.05) is 24.3 Å². The summed E-state index contributed by atoms with van der Waals surface area (Å²) in [5, 5.41) is 3.85. The lowest BCUT2D eigenvalue weighted by Crippen LogP contribution is -2.49. The molecular weight excluding hydrogens is 458 g/mol. The number of carbonyl (C=O) groups excluding carboxylic acids is 3. The normalized spacial score (nSPS) is 23.2. The van der Waals surface area contributed by atoms with Gasteiger partial charge in [-0.2, -0.15) is 0 Å². The van der Waals surface area contributed by atoms with E-state index < -0.39 is 12.1 Å². The maximum atomic E-state index is 13.1. The topological polar surface area (TPSA) is 108 Å². The molecule has 6 rings (SSSR count). The summed E-state index contributed by atoms with van der Waals surface area (Å²) in [6.45, 7) is 2.14. The van der Waals surface area contributed by atoms with Crippen LogP contribution in [0.25, 0.3) is 10.9 Å². The molecule has 4 amide bonds. The van der Waals surface area contributed by atoms with Gasteiger partial charge in [0.2, 0.25) is 5.91 Å². The zero-order chi connectivity index (χ0) is 24.8. The zero-order valence-electron chi connectivity index (χ0n) is 20.0. The van der Waals surface area contributed by atoms with Crippen molar-refractivity contribution in [2.75, 3.05) is 19.6 Å². The summed E-state index contributed by atoms with van der Waals surface area (Å²) in [6.07, 6.45) is 3.96. The fourth-order valence-electron chi connectivity index (χ4n) is 6.08. The molecule has 3 aliphatic rings. The third-order valence-corrected chi connectivity index (χ3v) is 7.87. The lowest BCUT2D eigenvalue weighted by atomic mass is 9.83. The number of amides is 4. The number of hydrogen-bond acceptors (Lipinski definition) is 4. The van der Waals surface area contributed by atoms with Gasteiger partial charge in [0.15, 0.2) is 0 Å². The highest BCUT2D eigenvalue weighted by atomic mass is 16.2. The van der Waals surface area contributed by atoms with Gasteiger partial charge in [-0.3, -0.25) is 19.3 Å². The van der Waals surface area contributed by atoms with E-state index in [1.54, 1.807) is 12.1 Å². The molecule has 9 nitrogen and oxygen atoms in total. The number of nitrogens with one attached hydrogen (secondary N) is 2. The number of pyridine rings is 1. The number of benzene rings is 1. The van der Waals surface area contributed by atoms with Gasteiger partial charge in [0.05, 0.1) is 0 Å². The van der Waals surface area contributed by atoms with Crippen molar-refractivity contribution >= 4 is 28.7 Å². The van der Waals surface area contributed by atoms with Gasteiger partial charge in [-0.05, 0) is 42.9 Å². The second-order valence-corrected chi connectivity index (χ2v) is 10.1. The van der Waals surface area contributed by atoms with E-state index in [1.807, 2.05) is 46.0 Å². The van der Waals surface area contributed by atoms with E-state index in [-0.39, 0.29) is 42.1 Å². The predicted molar refractivity (Wildman–Crippen MR) is 133 cm³/mol. The molecule has 5 heterocycles. The van der Waals surface area contributed by atoms with Gasteiger partial charge in [0.25, 0.3) is 11.5 Å². The third kappa shape index (κ3) is 3.98. The Hall–Kier alpha value is -3.88. The fourth-order valence-corrected chi connectivity index (χ4v) is 6.08. The second kappa shape index (κ2) is 8.96. The molecule has 2 bridgehead atoms. The quantitative estimate of drug-likeness (QED) is 0.520. The number of rotatable bonds is 6. The Morgan fingerprint density at radius 1 is 1.00 bits per heavy atom. The van der Waals surface area contributed by atoms with Crippen molar-refractivity contribution in [3.8, 4) is 0 Å². The fraction of sp³-hybridized carbons (Fsp3) is 0.407. The molecule has 2 saturated heterocycles. The van der Waals surface area contributed by atoms with Crippen LogP contribution in [0.3, 0.4) is 0 Å². The number of hydrogen-bond donors (Lipinski definition) is 2. The number of carbonyl (C=O) groups is 3. The monoisotopic (exact) mass is 487 g/mol. The number of nitrogens with zero attached hydrogens (tertiary/aromatic N) is 3. The first-order chi connectivity index (χ1) is 17.5. The summed E-state index contributed by atoms with van der Waals surface area (Å²) in [5.74, 6) is 0.142. The molecule has 0 spiro atoms. The maximum Gasteiger partial charge on any atom is 0.324 e. The lowest BCUT2D eigenvalue weighted by Gasteiger charge is -2.42. The van der Waals surface area contributed by atoms with Crippen molar-refractivity contribution < 1.29 is 14.4 Å². The molecule has 0 radical (unpaired) electrons. The van der Waals surface area contributed by atoms with Gasteiger partial charge >= 0.3 is 6.03 Å². The Morgan fingerprint density at radius 3 is 2.75 bits per heavy atom. The van der Waals surface area contributed by atoms with Gasteiger partial charge in [-0.15, -0.1) is 0 Å². The lowest BCUT2D eigenvalue weighted by molar-refractivity contribution is -0.134. The van der Waals surface area contributed by atoms with Crippen LogP contribution in [-0.2, 0) is 22.6 Å². The van der Waals surface area contributed by atoms with Crippen molar-refractivity contribution in [2.45, 2.75) is 44.2 Å². The minimum atomic E-state index is -0.673. The number of piperidine rings is 1. The first kappa shape index (κ1) is 22.6. The largest absolute Gasteiger partial charge is 0.361 e. The van der Waals surface area contributed by atoms with Crippen LogP contribution in [0, 0.1) is 5.92 Å². The molecule has 3 aromatic rings. The molecule has 2 N–H and O–H groups in total. The summed E-state index contributed by atoms with van der Waals surface area (Å²) in [6, 6.07) is 12.2. The molecule has 2 fully saturated rings. The number of urea groups is 1. The Morgan fingerprint density at radius 2 is 1.86 bits per heavy atom. The Labute approximate surface area is 208 Å². The number of H-pyrrole nitrogens is 1. The number of fused-ring (bicyclic) bond motifs is 5. The minimum Gasteiger partial charge on any atom is -0.361 e. The summed E-state index contributed by atoms with van der Waals surface area (Å²) >= 11 is 0. The molecule has 9 heteroatoms. The Kier molecular flexibility index (Phi) is 5.62. The van der Waals surface area contributed by atoms with Crippen LogP contribution in [0.5, 0.6) is 0 Å². The summed E-state index contributed by atoms with van der Waals surface area (Å²) in [7, 11) is 0. The molecule has 1 aromatic carbocycles. The smallest absolute Gasteiger partial charge is 0.324 e. The van der Waals surface area contributed by atoms with E-state index in [2.05, 4.69) is 10.3 Å². The van der Waals surface area contributed by atoms with Gasteiger partial charge < -0.3 is 19.8 Å². The SMILES string of the molecule is O=C(CC[C@@H]1NC(=O)N(CCc2c[nH]c3ccccc23)C1=O)N1CC2CC(C1)c1cccc(=O)n1C2. The van der Waals surface area contributed by atoms with Crippen molar-refractivity contribution in [2.24, 2.45) is 5.92 Å². The van der Waals surface area contributed by atoms with Crippen LogP contribution in [-0.4, -0.2) is 62.9 Å². The average Bonchev–Trinajstić information content (AvgIpc) is 3.41. The highest BCUT2D eigenvalue weighted by Gasteiger charge is 2.39. The second-order valence-electron chi connectivity index (χ2n) is 10.1. The number of aromatic amines is 1. The third-order valence-electron chi connectivity index (χ3n) is 7.87. The number of imide groups is 1. The minimum absolute atomic E-state index is 0.00396. The number of para-hydroxylation sites is 1. The van der Waals surface area contributed by atoms with Crippen LogP contribution in [0.4, 0.5) is 4.79 Å². The Balaban J connectivity index is 1.05. The molecule has 0 aliphatic carbocycles. The number of likely N-dealkylation sites (tertiary alicyclic amines) is 1. The predicted octanol–water partition coefficient (Wildman–Crippen LogP) is 2.22. The van der Waals surface area contributed by atoms with Gasteiger partial charge in [0, 0.05) is 67.4 Å². The van der Waals surface area contributed by atoms with Crippen molar-refractivity contribution in [1.29, 1.82) is 0 Å². The first-order valence-corrected chi connectivity index (χ1v) is 12.6. The number of aromatic nitrogens is 2. The highest BCUT2D eigenvalue weighted by molar-refractivity contribution is 6.04. The Bertz CT molecular complexity index is 1410. The molecule has 3 aliphatic heterocycles. The first-order valence-electron chi connectivity index (χ1n) is 12.6. The average molecular weight is 488 g/mol. The van der Waals surface area contributed by atoms with E-state index in [0.717, 1.165) is 28.6 Å². The summed E-state index contributed by atoms with van der Waals surface area (Å²) in [5.41, 5.74) is 3.11. The molecule has 3 atom stereocenters. The molecular formula is C27H29N5O4. The van der Waals surface area contributed by atoms with E-state index in [0.29, 0.717) is 32.6 Å². The molecule has 186 valence electrons. The van der Waals surface area contributed by atoms with Crippen molar-refractivity contribution in [3.05, 3.63) is 70.3 Å². The summed E-state index contributed by atoms with van der Waals surface area (Å²) < 4.78 is 1.85. The van der Waals surface area contributed by atoms with Gasteiger partial charge in [-0.25, -0.2) is 4.79 Å². The van der Waals surface area contributed by atoms with Crippen LogP contribution < -0.4 is 10.9 Å². The van der Waals surface area contributed by atoms with Crippen LogP contribution >= 0.6 is 0 Å². The van der Waals surface area contributed by atoms with E-state index in [1.165, 1.54) is 4.90 Å². The molecule has 0 saturated carbocycles. The van der Waals surface area contributed by atoms with Crippen molar-refractivity contribution in [1.82, 2.24) is 24.7 Å².